The number of fused-ring (bicyclic) bond motifs is 5. The van der Waals surface area contributed by atoms with Gasteiger partial charge in [-0.25, -0.2) is 0 Å². The van der Waals surface area contributed by atoms with E-state index in [0.717, 1.165) is 31.3 Å². The van der Waals surface area contributed by atoms with Gasteiger partial charge in [-0.1, -0.05) is 45.3 Å². The van der Waals surface area contributed by atoms with Gasteiger partial charge in [-0.3, -0.25) is 9.59 Å². The topological polar surface area (TPSA) is 106 Å². The van der Waals surface area contributed by atoms with E-state index in [1.54, 1.807) is 13.8 Å². The Morgan fingerprint density at radius 1 is 1.16 bits per heavy atom. The fourth-order valence-corrected chi connectivity index (χ4v) is 8.66. The van der Waals surface area contributed by atoms with Gasteiger partial charge in [0.1, 0.15) is 6.10 Å². The summed E-state index contributed by atoms with van der Waals surface area (Å²) in [4.78, 5) is 28.2. The summed E-state index contributed by atoms with van der Waals surface area (Å²) < 4.78 is 18.6. The van der Waals surface area contributed by atoms with E-state index in [2.05, 4.69) is 19.9 Å². The van der Waals surface area contributed by atoms with Crippen LogP contribution < -0.4 is 0 Å². The lowest BCUT2D eigenvalue weighted by Gasteiger charge is -2.51. The number of esters is 1. The summed E-state index contributed by atoms with van der Waals surface area (Å²) in [5.41, 5.74) is -2.84. The highest BCUT2D eigenvalue weighted by Gasteiger charge is 2.75. The Balaban J connectivity index is 1.47. The van der Waals surface area contributed by atoms with Crippen molar-refractivity contribution >= 4 is 11.8 Å². The summed E-state index contributed by atoms with van der Waals surface area (Å²) in [7, 11) is 0. The van der Waals surface area contributed by atoms with Gasteiger partial charge >= 0.3 is 5.97 Å². The Morgan fingerprint density at radius 3 is 2.54 bits per heavy atom. The zero-order chi connectivity index (χ0) is 26.6. The minimum Gasteiger partial charge on any atom is -0.453 e. The second-order valence-electron chi connectivity index (χ2n) is 13.5. The van der Waals surface area contributed by atoms with Crippen LogP contribution in [0.25, 0.3) is 0 Å². The van der Waals surface area contributed by atoms with Gasteiger partial charge in [0.2, 0.25) is 0 Å². The SMILES string of the molecule is CC1=C[C@@]23CCC4[C@H]([C@H](C=C5COC(C)(C)OC5[C@]2(O)C1OC(=O)C1(C#N)CCCCC1)C3=O)C4(C)C. The molecule has 7 atom stereocenters. The fourth-order valence-electron chi connectivity index (χ4n) is 8.66. The van der Waals surface area contributed by atoms with Crippen LogP contribution in [0.1, 0.15) is 79.6 Å². The Kier molecular flexibility index (Phi) is 5.31. The van der Waals surface area contributed by atoms with E-state index in [-0.39, 0.29) is 29.6 Å². The normalized spacial score (nSPS) is 44.5. The fraction of sp³-hybridized carbons (Fsp3) is 0.767. The molecule has 3 unspecified atom stereocenters. The smallest absolute Gasteiger partial charge is 0.327 e. The van der Waals surface area contributed by atoms with Gasteiger partial charge in [-0.15, -0.1) is 0 Å². The second kappa shape index (κ2) is 7.77. The number of carbonyl (C=O) groups is 2. The zero-order valence-corrected chi connectivity index (χ0v) is 22.6. The largest absolute Gasteiger partial charge is 0.453 e. The molecule has 5 aliphatic carbocycles. The first-order valence-electron chi connectivity index (χ1n) is 13.9. The summed E-state index contributed by atoms with van der Waals surface area (Å²) in [6, 6.07) is 2.25. The van der Waals surface area contributed by atoms with E-state index in [0.29, 0.717) is 30.8 Å². The van der Waals surface area contributed by atoms with E-state index in [9.17, 15) is 20.0 Å². The van der Waals surface area contributed by atoms with E-state index in [4.69, 9.17) is 14.2 Å². The predicted octanol–water partition coefficient (Wildman–Crippen LogP) is 4.39. The van der Waals surface area contributed by atoms with Gasteiger partial charge in [0, 0.05) is 5.92 Å². The Morgan fingerprint density at radius 2 is 1.86 bits per heavy atom. The molecule has 1 N–H and O–H groups in total. The molecule has 0 aromatic heterocycles. The molecular weight excluding hydrogens is 470 g/mol. The maximum absolute atomic E-state index is 14.5. The third kappa shape index (κ3) is 3.22. The molecule has 7 nitrogen and oxygen atoms in total. The first kappa shape index (κ1) is 25.3. The average molecular weight is 510 g/mol. The number of carbonyl (C=O) groups excluding carboxylic acids is 2. The standard InChI is InChI=1S/C30H39NO6/c1-17-14-29-12-9-20-21(26(20,2)3)19(22(29)32)13-18-15-35-27(4,5)37-24(18)30(29,34)23(17)36-25(33)28(16-31)10-7-6-8-11-28/h13-14,19-21,23-24,34H,6-12,15H2,1-5H3/t19-,20?,21-,23?,24?,29+,30+/m0/s1. The first-order chi connectivity index (χ1) is 17.3. The number of Topliss-reactive ketones (excluding diaryl/α,β-unsaturated/α-hetero) is 1. The van der Waals surface area contributed by atoms with Crippen LogP contribution in [0.5, 0.6) is 0 Å². The van der Waals surface area contributed by atoms with Crippen molar-refractivity contribution in [2.45, 2.75) is 103 Å². The van der Waals surface area contributed by atoms with Crippen LogP contribution in [0.15, 0.2) is 23.3 Å². The molecule has 1 saturated heterocycles. The van der Waals surface area contributed by atoms with Crippen molar-refractivity contribution in [3.63, 3.8) is 0 Å². The van der Waals surface area contributed by atoms with Gasteiger partial charge in [-0.2, -0.15) is 5.26 Å². The summed E-state index contributed by atoms with van der Waals surface area (Å²) >= 11 is 0. The molecule has 0 amide bonds. The minimum absolute atomic E-state index is 0.0121. The molecule has 0 aromatic rings. The van der Waals surface area contributed by atoms with Crippen LogP contribution in [0, 0.1) is 45.3 Å². The van der Waals surface area contributed by atoms with Gasteiger partial charge in [0.05, 0.1) is 18.1 Å². The highest BCUT2D eigenvalue weighted by Crippen LogP contribution is 2.71. The number of ether oxygens (including phenoxy) is 3. The van der Waals surface area contributed by atoms with Crippen LogP contribution in [-0.2, 0) is 23.8 Å². The number of rotatable bonds is 2. The highest BCUT2D eigenvalue weighted by molar-refractivity contribution is 5.95. The lowest BCUT2D eigenvalue weighted by Crippen LogP contribution is -2.67. The molecule has 37 heavy (non-hydrogen) atoms. The summed E-state index contributed by atoms with van der Waals surface area (Å²) in [5.74, 6) is -1.36. The maximum Gasteiger partial charge on any atom is 0.327 e. The van der Waals surface area contributed by atoms with Crippen molar-refractivity contribution in [3.8, 4) is 6.07 Å². The average Bonchev–Trinajstić information content (AvgIpc) is 3.39. The Bertz CT molecular complexity index is 1150. The number of hydrogen-bond donors (Lipinski definition) is 1. The van der Waals surface area contributed by atoms with Gasteiger partial charge in [0.25, 0.3) is 0 Å². The monoisotopic (exact) mass is 509 g/mol. The molecule has 4 fully saturated rings. The van der Waals surface area contributed by atoms with Gasteiger partial charge < -0.3 is 19.3 Å². The Labute approximate surface area is 219 Å². The third-order valence-electron chi connectivity index (χ3n) is 10.8. The van der Waals surface area contributed by atoms with Crippen LogP contribution in [0.2, 0.25) is 0 Å². The lowest BCUT2D eigenvalue weighted by molar-refractivity contribution is -0.302. The van der Waals surface area contributed by atoms with Crippen molar-refractivity contribution in [1.29, 1.82) is 5.26 Å². The van der Waals surface area contributed by atoms with Crippen molar-refractivity contribution in [2.75, 3.05) is 6.61 Å². The number of nitriles is 1. The second-order valence-corrected chi connectivity index (χ2v) is 13.5. The molecule has 0 aromatic carbocycles. The lowest BCUT2D eigenvalue weighted by atomic mass is 9.63. The Hall–Kier alpha value is -2.01. The summed E-state index contributed by atoms with van der Waals surface area (Å²) in [5, 5.41) is 22.9. The third-order valence-corrected chi connectivity index (χ3v) is 10.8. The van der Waals surface area contributed by atoms with Gasteiger partial charge in [-0.05, 0) is 74.9 Å². The van der Waals surface area contributed by atoms with Crippen LogP contribution in [-0.4, -0.2) is 47.1 Å². The van der Waals surface area contributed by atoms with Crippen molar-refractivity contribution in [3.05, 3.63) is 23.3 Å². The molecule has 0 radical (unpaired) electrons. The number of ketones is 1. The van der Waals surface area contributed by atoms with Crippen LogP contribution in [0.3, 0.4) is 0 Å². The predicted molar refractivity (Wildman–Crippen MR) is 134 cm³/mol. The molecule has 3 saturated carbocycles. The number of aliphatic hydroxyl groups is 1. The highest BCUT2D eigenvalue weighted by atomic mass is 16.7. The van der Waals surface area contributed by atoms with E-state index in [1.165, 1.54) is 0 Å². The zero-order valence-electron chi connectivity index (χ0n) is 22.6. The molecule has 1 aliphatic heterocycles. The first-order valence-corrected chi connectivity index (χ1v) is 13.9. The number of nitrogens with zero attached hydrogens (tertiary/aromatic N) is 1. The van der Waals surface area contributed by atoms with Crippen LogP contribution >= 0.6 is 0 Å². The molecule has 6 aliphatic rings. The summed E-state index contributed by atoms with van der Waals surface area (Å²) in [6.07, 6.45) is 6.67. The van der Waals surface area contributed by atoms with Crippen molar-refractivity contribution < 1.29 is 28.9 Å². The van der Waals surface area contributed by atoms with Crippen molar-refractivity contribution in [1.82, 2.24) is 0 Å². The molecule has 1 heterocycles. The molecule has 200 valence electrons. The molecule has 6 rings (SSSR count). The molecule has 1 spiro atoms. The van der Waals surface area contributed by atoms with Crippen molar-refractivity contribution in [2.24, 2.45) is 34.0 Å². The number of hydrogen-bond acceptors (Lipinski definition) is 7. The van der Waals surface area contributed by atoms with Crippen LogP contribution in [0.4, 0.5) is 0 Å². The van der Waals surface area contributed by atoms with Gasteiger partial charge in [0.15, 0.2) is 28.7 Å². The molecule has 7 heteroatoms. The molecular formula is C30H39NO6. The molecule has 2 bridgehead atoms. The van der Waals surface area contributed by atoms with E-state index >= 15 is 0 Å². The van der Waals surface area contributed by atoms with E-state index in [1.807, 2.05) is 19.1 Å². The minimum atomic E-state index is -1.82. The van der Waals surface area contributed by atoms with E-state index < -0.39 is 40.4 Å². The quantitative estimate of drug-likeness (QED) is 0.435. The maximum atomic E-state index is 14.5. The summed E-state index contributed by atoms with van der Waals surface area (Å²) in [6.45, 7) is 10.1. The number of allylic oxidation sites excluding steroid dienone is 1.